The quantitative estimate of drug-likeness (QED) is 0.0888. The largest absolute Gasteiger partial charge is 0.488 e. The number of esters is 1. The zero-order valence-corrected chi connectivity index (χ0v) is 22.6. The molecule has 0 aliphatic carbocycles. The Morgan fingerprint density at radius 1 is 0.872 bits per heavy atom. The molecule has 4 aromatic carbocycles. The third-order valence-electron chi connectivity index (χ3n) is 5.63. The average Bonchev–Trinajstić information content (AvgIpc) is 3.30. The summed E-state index contributed by atoms with van der Waals surface area (Å²) in [4.78, 5) is 25.7. The second-order valence-electron chi connectivity index (χ2n) is 8.31. The maximum atomic E-state index is 12.7. The minimum Gasteiger partial charge on any atom is -0.488 e. The molecule has 1 heterocycles. The lowest BCUT2D eigenvalue weighted by molar-refractivity contribution is 0.0739. The van der Waals surface area contributed by atoms with Crippen LogP contribution in [0.4, 0.5) is 0 Å². The molecule has 0 bridgehead atoms. The molecule has 0 atom stereocenters. The maximum absolute atomic E-state index is 12.7. The number of amides is 1. The number of fused-ring (bicyclic) bond motifs is 1. The first-order valence-corrected chi connectivity index (χ1v) is 13.3. The number of thiophene rings is 1. The fraction of sp³-hybridized carbons (Fsp3) is 0.0333. The van der Waals surface area contributed by atoms with Crippen molar-refractivity contribution in [2.24, 2.45) is 5.10 Å². The Morgan fingerprint density at radius 2 is 1.59 bits per heavy atom. The van der Waals surface area contributed by atoms with E-state index in [-0.39, 0.29) is 6.61 Å². The second kappa shape index (κ2) is 12.1. The molecule has 194 valence electrons. The minimum atomic E-state index is -0.521. The molecule has 39 heavy (non-hydrogen) atoms. The van der Waals surface area contributed by atoms with Gasteiger partial charge in [0.2, 0.25) is 0 Å². The van der Waals surface area contributed by atoms with E-state index in [2.05, 4.69) is 10.5 Å². The molecule has 0 saturated heterocycles. The fourth-order valence-electron chi connectivity index (χ4n) is 3.67. The van der Waals surface area contributed by atoms with E-state index in [9.17, 15) is 9.59 Å². The van der Waals surface area contributed by atoms with E-state index in [4.69, 9.17) is 32.7 Å². The number of carbonyl (C=O) groups excluding carboxylic acids is 2. The zero-order valence-electron chi connectivity index (χ0n) is 20.3. The smallest absolute Gasteiger partial charge is 0.355 e. The van der Waals surface area contributed by atoms with Gasteiger partial charge in [-0.15, -0.1) is 11.3 Å². The molecule has 0 radical (unpaired) electrons. The molecule has 1 amide bonds. The van der Waals surface area contributed by atoms with Crippen molar-refractivity contribution in [2.75, 3.05) is 0 Å². The molecule has 5 rings (SSSR count). The molecule has 5 aromatic rings. The Bertz CT molecular complexity index is 1670. The van der Waals surface area contributed by atoms with E-state index in [0.717, 1.165) is 15.6 Å². The Kier molecular flexibility index (Phi) is 8.22. The predicted molar refractivity (Wildman–Crippen MR) is 156 cm³/mol. The molecule has 0 saturated carbocycles. The molecular weight excluding hydrogens is 555 g/mol. The number of nitrogens with zero attached hydrogens (tertiary/aromatic N) is 1. The van der Waals surface area contributed by atoms with Crippen LogP contribution in [0.15, 0.2) is 102 Å². The van der Waals surface area contributed by atoms with Crippen LogP contribution in [0.5, 0.6) is 11.5 Å². The van der Waals surface area contributed by atoms with Crippen LogP contribution in [0.1, 0.15) is 31.2 Å². The molecule has 0 unspecified atom stereocenters. The fourth-order valence-corrected chi connectivity index (χ4v) is 5.18. The Morgan fingerprint density at radius 3 is 2.36 bits per heavy atom. The van der Waals surface area contributed by atoms with E-state index < -0.39 is 11.9 Å². The highest BCUT2D eigenvalue weighted by Crippen LogP contribution is 2.35. The summed E-state index contributed by atoms with van der Waals surface area (Å²) in [5.41, 5.74) is 4.49. The van der Waals surface area contributed by atoms with Gasteiger partial charge in [0.25, 0.3) is 5.91 Å². The summed E-state index contributed by atoms with van der Waals surface area (Å²) in [5, 5.41) is 5.89. The molecule has 0 fully saturated rings. The minimum absolute atomic E-state index is 0.288. The molecule has 6 nitrogen and oxygen atoms in total. The van der Waals surface area contributed by atoms with Crippen molar-refractivity contribution in [3.05, 3.63) is 129 Å². The molecular formula is C30H20Cl2N2O4S. The SMILES string of the molecule is O=C(N/N=C/c1ccc(OC(=O)c2sc3ccccc3c2Cl)cc1)c1ccccc1OCc1ccc(Cl)cc1. The number of nitrogens with one attached hydrogen (secondary N) is 1. The summed E-state index contributed by atoms with van der Waals surface area (Å²) in [7, 11) is 0. The second-order valence-corrected chi connectivity index (χ2v) is 10.2. The van der Waals surface area contributed by atoms with Crippen molar-refractivity contribution in [3.8, 4) is 11.5 Å². The van der Waals surface area contributed by atoms with E-state index in [0.29, 0.717) is 37.5 Å². The van der Waals surface area contributed by atoms with E-state index >= 15 is 0 Å². The first-order chi connectivity index (χ1) is 19.0. The van der Waals surface area contributed by atoms with Gasteiger partial charge in [-0.1, -0.05) is 65.7 Å². The van der Waals surface area contributed by atoms with Gasteiger partial charge in [0.1, 0.15) is 23.0 Å². The van der Waals surface area contributed by atoms with Crippen molar-refractivity contribution < 1.29 is 19.1 Å². The van der Waals surface area contributed by atoms with Crippen LogP contribution in [-0.4, -0.2) is 18.1 Å². The van der Waals surface area contributed by atoms with Gasteiger partial charge in [0.05, 0.1) is 16.8 Å². The number of benzene rings is 4. The number of para-hydroxylation sites is 1. The van der Waals surface area contributed by atoms with Gasteiger partial charge < -0.3 is 9.47 Å². The molecule has 0 aliphatic rings. The zero-order chi connectivity index (χ0) is 27.2. The number of hydrogen-bond donors (Lipinski definition) is 1. The van der Waals surface area contributed by atoms with Crippen LogP contribution in [0.3, 0.4) is 0 Å². The number of hydrogen-bond acceptors (Lipinski definition) is 6. The molecule has 1 aromatic heterocycles. The summed E-state index contributed by atoms with van der Waals surface area (Å²) in [6.07, 6.45) is 1.49. The van der Waals surface area contributed by atoms with Gasteiger partial charge in [0, 0.05) is 15.1 Å². The van der Waals surface area contributed by atoms with Crippen molar-refractivity contribution in [1.82, 2.24) is 5.43 Å². The summed E-state index contributed by atoms with van der Waals surface area (Å²) in [6, 6.07) is 28.5. The lowest BCUT2D eigenvalue weighted by Gasteiger charge is -2.10. The Balaban J connectivity index is 1.18. The normalized spacial score (nSPS) is 11.0. The van der Waals surface area contributed by atoms with Gasteiger partial charge in [-0.3, -0.25) is 4.79 Å². The first kappa shape index (κ1) is 26.4. The van der Waals surface area contributed by atoms with Crippen molar-refractivity contribution in [1.29, 1.82) is 0 Å². The molecule has 0 aliphatic heterocycles. The highest BCUT2D eigenvalue weighted by Gasteiger charge is 2.19. The number of halogens is 2. The molecule has 1 N–H and O–H groups in total. The maximum Gasteiger partial charge on any atom is 0.355 e. The van der Waals surface area contributed by atoms with E-state index in [1.807, 2.05) is 36.4 Å². The third-order valence-corrected chi connectivity index (χ3v) is 7.54. The summed E-state index contributed by atoms with van der Waals surface area (Å²) >= 11 is 13.6. The summed E-state index contributed by atoms with van der Waals surface area (Å²) in [5.74, 6) is -0.137. The van der Waals surface area contributed by atoms with Crippen LogP contribution >= 0.6 is 34.5 Å². The lowest BCUT2D eigenvalue weighted by Crippen LogP contribution is -2.18. The van der Waals surface area contributed by atoms with Crippen LogP contribution < -0.4 is 14.9 Å². The first-order valence-electron chi connectivity index (χ1n) is 11.8. The third kappa shape index (κ3) is 6.46. The molecule has 0 spiro atoms. The van der Waals surface area contributed by atoms with Crippen LogP contribution in [0.2, 0.25) is 10.0 Å². The van der Waals surface area contributed by atoms with Crippen molar-refractivity contribution in [2.45, 2.75) is 6.61 Å². The predicted octanol–water partition coefficient (Wildman–Crippen LogP) is 7.77. The Hall–Kier alpha value is -4.17. The van der Waals surface area contributed by atoms with E-state index in [1.165, 1.54) is 17.6 Å². The number of hydrazone groups is 1. The van der Waals surface area contributed by atoms with Gasteiger partial charge >= 0.3 is 5.97 Å². The standard InChI is InChI=1S/C30H20Cl2N2O4S/c31-21-13-9-20(10-14-21)18-37-25-7-3-1-5-23(25)29(35)34-33-17-19-11-15-22(16-12-19)38-30(36)28-27(32)24-6-2-4-8-26(24)39-28/h1-17H,18H2,(H,34,35)/b33-17+. The lowest BCUT2D eigenvalue weighted by atomic mass is 10.2. The number of rotatable bonds is 8. The highest BCUT2D eigenvalue weighted by atomic mass is 35.5. The van der Waals surface area contributed by atoms with Crippen LogP contribution in [0.25, 0.3) is 10.1 Å². The average molecular weight is 575 g/mol. The van der Waals surface area contributed by atoms with Crippen LogP contribution in [0, 0.1) is 0 Å². The topological polar surface area (TPSA) is 77.0 Å². The number of ether oxygens (including phenoxy) is 2. The monoisotopic (exact) mass is 574 g/mol. The van der Waals surface area contributed by atoms with Gasteiger partial charge in [-0.2, -0.15) is 5.10 Å². The van der Waals surface area contributed by atoms with E-state index in [1.54, 1.807) is 60.7 Å². The van der Waals surface area contributed by atoms with Crippen molar-refractivity contribution >= 4 is 62.7 Å². The van der Waals surface area contributed by atoms with Gasteiger partial charge in [-0.25, -0.2) is 10.2 Å². The number of carbonyl (C=O) groups is 2. The van der Waals surface area contributed by atoms with Gasteiger partial charge in [0.15, 0.2) is 0 Å². The highest BCUT2D eigenvalue weighted by molar-refractivity contribution is 7.21. The summed E-state index contributed by atoms with van der Waals surface area (Å²) < 4.78 is 12.3. The Labute approximate surface area is 238 Å². The van der Waals surface area contributed by atoms with Crippen LogP contribution in [-0.2, 0) is 6.61 Å². The molecule has 9 heteroatoms. The van der Waals surface area contributed by atoms with Gasteiger partial charge in [-0.05, 0) is 65.7 Å². The summed E-state index contributed by atoms with van der Waals surface area (Å²) in [6.45, 7) is 0.288. The van der Waals surface area contributed by atoms with Crippen molar-refractivity contribution in [3.63, 3.8) is 0 Å².